The van der Waals surface area contributed by atoms with Gasteiger partial charge in [0, 0.05) is 18.0 Å². The number of ether oxygens (including phenoxy) is 1. The number of hydrogen-bond acceptors (Lipinski definition) is 3. The molecule has 0 aliphatic rings. The molecule has 134 valence electrons. The Morgan fingerprint density at radius 2 is 1.70 bits per heavy atom. The summed E-state index contributed by atoms with van der Waals surface area (Å²) < 4.78 is 5.79. The maximum Gasteiger partial charge on any atom is 0.224 e. The van der Waals surface area contributed by atoms with Gasteiger partial charge >= 0.3 is 0 Å². The maximum absolute atomic E-state index is 12.2. The van der Waals surface area contributed by atoms with Gasteiger partial charge in [-0.2, -0.15) is 0 Å². The number of fused-ring (bicyclic) bond motifs is 2. The van der Waals surface area contributed by atoms with Crippen molar-refractivity contribution in [2.24, 2.45) is 0 Å². The minimum atomic E-state index is -0.0322. The van der Waals surface area contributed by atoms with Gasteiger partial charge in [-0.15, -0.1) is 0 Å². The fraction of sp³-hybridized carbons (Fsp3) is 0.130. The van der Waals surface area contributed by atoms with E-state index in [0.29, 0.717) is 19.4 Å². The van der Waals surface area contributed by atoms with E-state index in [1.165, 1.54) is 5.39 Å². The number of pyridine rings is 1. The molecule has 3 aromatic carbocycles. The van der Waals surface area contributed by atoms with E-state index in [2.05, 4.69) is 22.4 Å². The van der Waals surface area contributed by atoms with Crippen LogP contribution in [0.15, 0.2) is 79.0 Å². The van der Waals surface area contributed by atoms with Crippen LogP contribution in [0, 0.1) is 0 Å². The van der Waals surface area contributed by atoms with Crippen molar-refractivity contribution in [1.82, 2.24) is 4.98 Å². The van der Waals surface area contributed by atoms with Crippen molar-refractivity contribution in [3.63, 3.8) is 0 Å². The Morgan fingerprint density at radius 3 is 2.63 bits per heavy atom. The lowest BCUT2D eigenvalue weighted by molar-refractivity contribution is -0.116. The van der Waals surface area contributed by atoms with Crippen LogP contribution < -0.4 is 10.1 Å². The summed E-state index contributed by atoms with van der Waals surface area (Å²) in [5.74, 6) is 0.794. The first-order chi connectivity index (χ1) is 13.3. The second-order valence-electron chi connectivity index (χ2n) is 6.39. The number of aromatic nitrogens is 1. The molecular formula is C23H20N2O2. The number of carbonyl (C=O) groups is 1. The normalized spacial score (nSPS) is 10.8. The molecule has 1 heterocycles. The summed E-state index contributed by atoms with van der Waals surface area (Å²) in [6.07, 6.45) is 2.78. The predicted octanol–water partition coefficient (Wildman–Crippen LogP) is 5.19. The molecule has 0 radical (unpaired) electrons. The lowest BCUT2D eigenvalue weighted by atomic mass is 10.1. The van der Waals surface area contributed by atoms with Crippen molar-refractivity contribution in [2.45, 2.75) is 12.8 Å². The first-order valence-corrected chi connectivity index (χ1v) is 9.05. The number of nitrogens with zero attached hydrogens (tertiary/aromatic N) is 1. The topological polar surface area (TPSA) is 51.2 Å². The van der Waals surface area contributed by atoms with E-state index in [4.69, 9.17) is 4.74 Å². The second kappa shape index (κ2) is 7.87. The van der Waals surface area contributed by atoms with Gasteiger partial charge in [0.1, 0.15) is 5.75 Å². The molecule has 4 rings (SSSR count). The summed E-state index contributed by atoms with van der Waals surface area (Å²) in [5, 5.41) is 6.30. The summed E-state index contributed by atoms with van der Waals surface area (Å²) in [7, 11) is 0. The molecule has 4 aromatic rings. The van der Waals surface area contributed by atoms with E-state index >= 15 is 0 Å². The zero-order valence-electron chi connectivity index (χ0n) is 14.9. The molecule has 0 unspecified atom stereocenters. The molecule has 0 fully saturated rings. The molecule has 0 aliphatic carbocycles. The molecule has 0 bridgehead atoms. The van der Waals surface area contributed by atoms with Crippen LogP contribution in [0.5, 0.6) is 5.75 Å². The second-order valence-corrected chi connectivity index (χ2v) is 6.39. The van der Waals surface area contributed by atoms with Crippen LogP contribution in [0.1, 0.15) is 12.8 Å². The molecule has 0 saturated carbocycles. The van der Waals surface area contributed by atoms with E-state index < -0.39 is 0 Å². The zero-order valence-corrected chi connectivity index (χ0v) is 14.9. The quantitative estimate of drug-likeness (QED) is 0.484. The summed E-state index contributed by atoms with van der Waals surface area (Å²) >= 11 is 0. The summed E-state index contributed by atoms with van der Waals surface area (Å²) in [6, 6.07) is 23.8. The molecule has 0 atom stereocenters. The molecule has 0 saturated heterocycles. The molecule has 4 nitrogen and oxygen atoms in total. The highest BCUT2D eigenvalue weighted by Gasteiger charge is 2.07. The van der Waals surface area contributed by atoms with E-state index in [-0.39, 0.29) is 5.91 Å². The fourth-order valence-electron chi connectivity index (χ4n) is 3.10. The minimum absolute atomic E-state index is 0.0322. The van der Waals surface area contributed by atoms with Gasteiger partial charge in [0.15, 0.2) is 0 Å². The molecule has 1 N–H and O–H groups in total. The molecule has 4 heteroatoms. The number of amides is 1. The Morgan fingerprint density at radius 1 is 0.889 bits per heavy atom. The molecular weight excluding hydrogens is 336 g/mol. The van der Waals surface area contributed by atoms with Crippen LogP contribution in [-0.4, -0.2) is 17.5 Å². The molecule has 0 spiro atoms. The first-order valence-electron chi connectivity index (χ1n) is 9.05. The number of hydrogen-bond donors (Lipinski definition) is 1. The molecule has 1 amide bonds. The van der Waals surface area contributed by atoms with Crippen LogP contribution in [0.2, 0.25) is 0 Å². The Hall–Kier alpha value is -3.40. The summed E-state index contributed by atoms with van der Waals surface area (Å²) in [4.78, 5) is 16.6. The van der Waals surface area contributed by atoms with Gasteiger partial charge in [-0.25, -0.2) is 0 Å². The van der Waals surface area contributed by atoms with Gasteiger partial charge < -0.3 is 10.1 Å². The SMILES string of the molecule is O=C(CCCOc1ccc2ccccc2c1)Nc1cccc2cccnc12. The van der Waals surface area contributed by atoms with Gasteiger partial charge in [0.05, 0.1) is 17.8 Å². The van der Waals surface area contributed by atoms with Crippen molar-refractivity contribution >= 4 is 33.3 Å². The fourth-order valence-corrected chi connectivity index (χ4v) is 3.10. The van der Waals surface area contributed by atoms with Gasteiger partial charge in [-0.3, -0.25) is 9.78 Å². The van der Waals surface area contributed by atoms with E-state index in [9.17, 15) is 4.79 Å². The highest BCUT2D eigenvalue weighted by Crippen LogP contribution is 2.22. The van der Waals surface area contributed by atoms with E-state index in [0.717, 1.165) is 27.7 Å². The van der Waals surface area contributed by atoms with Gasteiger partial charge in [0.2, 0.25) is 5.91 Å². The van der Waals surface area contributed by atoms with Crippen molar-refractivity contribution < 1.29 is 9.53 Å². The van der Waals surface area contributed by atoms with E-state index in [1.54, 1.807) is 6.20 Å². The predicted molar refractivity (Wildman–Crippen MR) is 109 cm³/mol. The third-order valence-corrected chi connectivity index (χ3v) is 4.44. The minimum Gasteiger partial charge on any atom is -0.494 e. The number of anilines is 1. The number of nitrogens with one attached hydrogen (secondary N) is 1. The van der Waals surface area contributed by atoms with Gasteiger partial charge in [-0.1, -0.05) is 48.5 Å². The average Bonchev–Trinajstić information content (AvgIpc) is 2.71. The highest BCUT2D eigenvalue weighted by molar-refractivity contribution is 6.00. The third kappa shape index (κ3) is 4.06. The lowest BCUT2D eigenvalue weighted by Crippen LogP contribution is -2.13. The Kier molecular flexibility index (Phi) is 4.97. The van der Waals surface area contributed by atoms with Crippen LogP contribution in [0.25, 0.3) is 21.7 Å². The van der Waals surface area contributed by atoms with E-state index in [1.807, 2.05) is 60.7 Å². The van der Waals surface area contributed by atoms with Gasteiger partial charge in [-0.05, 0) is 41.5 Å². The number of para-hydroxylation sites is 1. The first kappa shape index (κ1) is 17.0. The van der Waals surface area contributed by atoms with Gasteiger partial charge in [0.25, 0.3) is 0 Å². The number of rotatable bonds is 6. The number of carbonyl (C=O) groups excluding carboxylic acids is 1. The largest absolute Gasteiger partial charge is 0.494 e. The Labute approximate surface area is 157 Å². The average molecular weight is 356 g/mol. The Balaban J connectivity index is 1.30. The summed E-state index contributed by atoms with van der Waals surface area (Å²) in [6.45, 7) is 0.500. The monoisotopic (exact) mass is 356 g/mol. The van der Waals surface area contributed by atoms with Crippen LogP contribution in [0.3, 0.4) is 0 Å². The van der Waals surface area contributed by atoms with Crippen molar-refractivity contribution in [3.8, 4) is 5.75 Å². The smallest absolute Gasteiger partial charge is 0.224 e. The number of benzene rings is 3. The lowest BCUT2D eigenvalue weighted by Gasteiger charge is -2.09. The third-order valence-electron chi connectivity index (χ3n) is 4.44. The molecule has 27 heavy (non-hydrogen) atoms. The maximum atomic E-state index is 12.2. The van der Waals surface area contributed by atoms with Crippen LogP contribution >= 0.6 is 0 Å². The Bertz CT molecular complexity index is 1090. The summed E-state index contributed by atoms with van der Waals surface area (Å²) in [5.41, 5.74) is 1.55. The van der Waals surface area contributed by atoms with Crippen LogP contribution in [-0.2, 0) is 4.79 Å². The standard InChI is InChI=1S/C23H20N2O2/c26-22(25-21-10-3-8-18-9-4-14-24-23(18)21)11-5-15-27-20-13-12-17-6-1-2-7-19(17)16-20/h1-4,6-10,12-14,16H,5,11,15H2,(H,25,26). The molecule has 0 aliphatic heterocycles. The van der Waals surface area contributed by atoms with Crippen molar-refractivity contribution in [2.75, 3.05) is 11.9 Å². The highest BCUT2D eigenvalue weighted by atomic mass is 16.5. The van der Waals surface area contributed by atoms with Crippen LogP contribution in [0.4, 0.5) is 5.69 Å². The zero-order chi connectivity index (χ0) is 18.5. The molecule has 1 aromatic heterocycles. The van der Waals surface area contributed by atoms with Crippen molar-refractivity contribution in [1.29, 1.82) is 0 Å². The van der Waals surface area contributed by atoms with Crippen molar-refractivity contribution in [3.05, 3.63) is 79.0 Å².